The van der Waals surface area contributed by atoms with E-state index in [2.05, 4.69) is 71.9 Å². The molecule has 2 aromatic rings. The van der Waals surface area contributed by atoms with Crippen molar-refractivity contribution in [1.82, 2.24) is 9.47 Å². The minimum atomic E-state index is 0.596. The number of para-hydroxylation sites is 1. The van der Waals surface area contributed by atoms with Crippen molar-refractivity contribution in [2.45, 2.75) is 39.7 Å². The quantitative estimate of drug-likeness (QED) is 0.524. The maximum Gasteiger partial charge on any atom is 0.143 e. The Balaban J connectivity index is 1.77. The van der Waals surface area contributed by atoms with Gasteiger partial charge in [-0.25, -0.2) is 0 Å². The lowest BCUT2D eigenvalue weighted by Gasteiger charge is -2.27. The second kappa shape index (κ2) is 11.2. The van der Waals surface area contributed by atoms with Crippen molar-refractivity contribution in [3.05, 3.63) is 54.3 Å². The Morgan fingerprint density at radius 1 is 1.14 bits per heavy atom. The van der Waals surface area contributed by atoms with Gasteiger partial charge in [-0.1, -0.05) is 50.3 Å². The normalized spacial score (nSPS) is 16.9. The predicted molar refractivity (Wildman–Crippen MR) is 122 cm³/mol. The SMILES string of the molecule is CC/C=C\C=C/CC(C)Cc1cc2cccc(OC)c2n1CCN1CCOCC1. The largest absolute Gasteiger partial charge is 0.495 e. The van der Waals surface area contributed by atoms with Crippen molar-refractivity contribution < 1.29 is 9.47 Å². The van der Waals surface area contributed by atoms with Crippen LogP contribution >= 0.6 is 0 Å². The van der Waals surface area contributed by atoms with Crippen LogP contribution in [0.5, 0.6) is 5.75 Å². The predicted octanol–water partition coefficient (Wildman–Crippen LogP) is 5.07. The van der Waals surface area contributed by atoms with Crippen LogP contribution in [0.3, 0.4) is 0 Å². The standard InChI is InChI=1S/C25H36N2O2/c1-4-5-6-7-8-10-21(2)19-23-20-22-11-9-12-24(28-3)25(22)27(23)14-13-26-15-17-29-18-16-26/h5-9,11-12,20-21H,4,10,13-19H2,1-3H3/b6-5-,8-7-. The summed E-state index contributed by atoms with van der Waals surface area (Å²) in [4.78, 5) is 2.50. The number of benzene rings is 1. The van der Waals surface area contributed by atoms with Gasteiger partial charge in [0.05, 0.1) is 25.8 Å². The van der Waals surface area contributed by atoms with Gasteiger partial charge in [0, 0.05) is 37.3 Å². The zero-order valence-electron chi connectivity index (χ0n) is 18.3. The van der Waals surface area contributed by atoms with Gasteiger partial charge in [0.1, 0.15) is 5.75 Å². The van der Waals surface area contributed by atoms with Gasteiger partial charge in [0.15, 0.2) is 0 Å². The van der Waals surface area contributed by atoms with E-state index in [4.69, 9.17) is 9.47 Å². The number of methoxy groups -OCH3 is 1. The number of nitrogens with zero attached hydrogens (tertiary/aromatic N) is 2. The van der Waals surface area contributed by atoms with Gasteiger partial charge < -0.3 is 14.0 Å². The summed E-state index contributed by atoms with van der Waals surface area (Å²) in [6, 6.07) is 8.72. The molecule has 1 atom stereocenters. The average molecular weight is 397 g/mol. The van der Waals surface area contributed by atoms with Crippen LogP contribution in [0.4, 0.5) is 0 Å². The fraction of sp³-hybridized carbons (Fsp3) is 0.520. The Morgan fingerprint density at radius 3 is 2.69 bits per heavy atom. The molecule has 2 heterocycles. The molecule has 1 unspecified atom stereocenters. The molecule has 1 saturated heterocycles. The lowest BCUT2D eigenvalue weighted by Crippen LogP contribution is -2.38. The first-order chi connectivity index (χ1) is 14.2. The summed E-state index contributed by atoms with van der Waals surface area (Å²) in [5.41, 5.74) is 2.63. The Bertz CT molecular complexity index is 816. The molecule has 0 amide bonds. The lowest BCUT2D eigenvalue weighted by molar-refractivity contribution is 0.0364. The van der Waals surface area contributed by atoms with E-state index in [1.54, 1.807) is 7.11 Å². The van der Waals surface area contributed by atoms with Gasteiger partial charge in [-0.15, -0.1) is 0 Å². The number of hydrogen-bond donors (Lipinski definition) is 0. The Labute approximate surface area is 175 Å². The molecule has 3 rings (SSSR count). The van der Waals surface area contributed by atoms with E-state index in [9.17, 15) is 0 Å². The third-order valence-electron chi connectivity index (χ3n) is 5.65. The van der Waals surface area contributed by atoms with Crippen LogP contribution in [-0.2, 0) is 17.7 Å². The highest BCUT2D eigenvalue weighted by Crippen LogP contribution is 2.30. The van der Waals surface area contributed by atoms with Crippen molar-refractivity contribution in [2.75, 3.05) is 40.0 Å². The van der Waals surface area contributed by atoms with Gasteiger partial charge in [-0.2, -0.15) is 0 Å². The van der Waals surface area contributed by atoms with Crippen LogP contribution in [0.15, 0.2) is 48.6 Å². The molecule has 4 nitrogen and oxygen atoms in total. The molecule has 1 aromatic heterocycles. The van der Waals surface area contributed by atoms with Gasteiger partial charge in [0.25, 0.3) is 0 Å². The molecular weight excluding hydrogens is 360 g/mol. The highest BCUT2D eigenvalue weighted by Gasteiger charge is 2.17. The third kappa shape index (κ3) is 5.97. The zero-order chi connectivity index (χ0) is 20.5. The van der Waals surface area contributed by atoms with Crippen molar-refractivity contribution in [2.24, 2.45) is 5.92 Å². The van der Waals surface area contributed by atoms with Gasteiger partial charge in [-0.05, 0) is 37.3 Å². The van der Waals surface area contributed by atoms with E-state index < -0.39 is 0 Å². The Morgan fingerprint density at radius 2 is 1.93 bits per heavy atom. The number of aromatic nitrogens is 1. The molecule has 0 bridgehead atoms. The van der Waals surface area contributed by atoms with E-state index in [0.717, 1.165) is 64.4 Å². The molecule has 0 saturated carbocycles. The Kier molecular flexibility index (Phi) is 8.38. The maximum absolute atomic E-state index is 5.71. The van der Waals surface area contributed by atoms with Crippen LogP contribution in [0.25, 0.3) is 10.9 Å². The van der Waals surface area contributed by atoms with Crippen LogP contribution in [-0.4, -0.2) is 49.4 Å². The van der Waals surface area contributed by atoms with Crippen molar-refractivity contribution >= 4 is 10.9 Å². The number of ether oxygens (including phenoxy) is 2. The van der Waals surface area contributed by atoms with E-state index in [1.807, 2.05) is 0 Å². The molecule has 1 aliphatic heterocycles. The molecule has 4 heteroatoms. The van der Waals surface area contributed by atoms with Gasteiger partial charge >= 0.3 is 0 Å². The molecule has 0 radical (unpaired) electrons. The van der Waals surface area contributed by atoms with Crippen LogP contribution in [0.1, 0.15) is 32.4 Å². The number of allylic oxidation sites excluding steroid dienone is 4. The maximum atomic E-state index is 5.71. The van der Waals surface area contributed by atoms with E-state index in [-0.39, 0.29) is 0 Å². The molecule has 158 valence electrons. The summed E-state index contributed by atoms with van der Waals surface area (Å²) in [5.74, 6) is 1.56. The van der Waals surface area contributed by atoms with Gasteiger partial charge in [-0.3, -0.25) is 4.90 Å². The molecule has 29 heavy (non-hydrogen) atoms. The fourth-order valence-electron chi connectivity index (χ4n) is 4.05. The summed E-state index contributed by atoms with van der Waals surface area (Å²) in [5, 5.41) is 1.27. The first-order valence-electron chi connectivity index (χ1n) is 11.0. The van der Waals surface area contributed by atoms with E-state index >= 15 is 0 Å². The molecule has 0 N–H and O–H groups in total. The second-order valence-electron chi connectivity index (χ2n) is 7.95. The van der Waals surface area contributed by atoms with Crippen molar-refractivity contribution in [3.8, 4) is 5.75 Å². The summed E-state index contributed by atoms with van der Waals surface area (Å²) in [6.07, 6.45) is 12.1. The zero-order valence-corrected chi connectivity index (χ0v) is 18.3. The second-order valence-corrected chi connectivity index (χ2v) is 7.95. The Hall–Kier alpha value is -2.04. The summed E-state index contributed by atoms with van der Waals surface area (Å²) < 4.78 is 13.7. The number of morpholine rings is 1. The first-order valence-corrected chi connectivity index (χ1v) is 11.0. The molecular formula is C25H36N2O2. The molecule has 0 aliphatic carbocycles. The molecule has 1 fully saturated rings. The van der Waals surface area contributed by atoms with Crippen molar-refractivity contribution in [3.63, 3.8) is 0 Å². The highest BCUT2D eigenvalue weighted by atomic mass is 16.5. The number of fused-ring (bicyclic) bond motifs is 1. The molecule has 0 spiro atoms. The topological polar surface area (TPSA) is 26.6 Å². The van der Waals surface area contributed by atoms with Gasteiger partial charge in [0.2, 0.25) is 0 Å². The number of hydrogen-bond acceptors (Lipinski definition) is 3. The summed E-state index contributed by atoms with van der Waals surface area (Å²) in [7, 11) is 1.77. The van der Waals surface area contributed by atoms with Crippen molar-refractivity contribution in [1.29, 1.82) is 0 Å². The minimum Gasteiger partial charge on any atom is -0.495 e. The summed E-state index contributed by atoms with van der Waals surface area (Å²) in [6.45, 7) is 10.3. The monoisotopic (exact) mass is 396 g/mol. The smallest absolute Gasteiger partial charge is 0.143 e. The first kappa shape index (κ1) is 21.7. The molecule has 1 aliphatic rings. The summed E-state index contributed by atoms with van der Waals surface area (Å²) >= 11 is 0. The lowest BCUT2D eigenvalue weighted by atomic mass is 10.0. The van der Waals surface area contributed by atoms with Crippen LogP contribution < -0.4 is 4.74 Å². The van der Waals surface area contributed by atoms with E-state index in [0.29, 0.717) is 5.92 Å². The average Bonchev–Trinajstić information content (AvgIpc) is 3.09. The van der Waals surface area contributed by atoms with Crippen LogP contribution in [0, 0.1) is 5.92 Å². The van der Waals surface area contributed by atoms with E-state index in [1.165, 1.54) is 16.6 Å². The highest BCUT2D eigenvalue weighted by molar-refractivity contribution is 5.87. The van der Waals surface area contributed by atoms with Crippen LogP contribution in [0.2, 0.25) is 0 Å². The molecule has 1 aromatic carbocycles. The third-order valence-corrected chi connectivity index (χ3v) is 5.65. The number of rotatable bonds is 10. The minimum absolute atomic E-state index is 0.596. The fourth-order valence-corrected chi connectivity index (χ4v) is 4.05.